The summed E-state index contributed by atoms with van der Waals surface area (Å²) in [6, 6.07) is 13.2. The van der Waals surface area contributed by atoms with Gasteiger partial charge in [-0.05, 0) is 31.3 Å². The number of aliphatic hydroxyl groups excluding tert-OH is 1. The first-order valence-electron chi connectivity index (χ1n) is 10.7. The van der Waals surface area contributed by atoms with E-state index in [1.165, 1.54) is 12.0 Å². The van der Waals surface area contributed by atoms with E-state index in [9.17, 15) is 14.7 Å². The van der Waals surface area contributed by atoms with Gasteiger partial charge in [0.25, 0.3) is 11.7 Å². The van der Waals surface area contributed by atoms with Crippen LogP contribution in [0.5, 0.6) is 11.5 Å². The molecule has 7 heteroatoms. The summed E-state index contributed by atoms with van der Waals surface area (Å²) in [6.45, 7) is 6.71. The Morgan fingerprint density at radius 3 is 2.31 bits per heavy atom. The second kappa shape index (κ2) is 10.3. The average molecular weight is 439 g/mol. The normalized spacial score (nSPS) is 17.8. The first-order chi connectivity index (χ1) is 15.5. The molecule has 1 heterocycles. The predicted molar refractivity (Wildman–Crippen MR) is 123 cm³/mol. The molecule has 32 heavy (non-hydrogen) atoms. The summed E-state index contributed by atoms with van der Waals surface area (Å²) in [4.78, 5) is 30.0. The minimum Gasteiger partial charge on any atom is -0.507 e. The molecule has 3 rings (SSSR count). The largest absolute Gasteiger partial charge is 0.507 e. The Balaban J connectivity index is 2.18. The first kappa shape index (κ1) is 23.3. The average Bonchev–Trinajstić information content (AvgIpc) is 3.09. The molecule has 0 aliphatic carbocycles. The lowest BCUT2D eigenvalue weighted by molar-refractivity contribution is -0.140. The van der Waals surface area contributed by atoms with Crippen LogP contribution in [0.3, 0.4) is 0 Å². The Morgan fingerprint density at radius 1 is 1.03 bits per heavy atom. The van der Waals surface area contributed by atoms with Crippen LogP contribution < -0.4 is 9.47 Å². The third-order valence-corrected chi connectivity index (χ3v) is 5.87. The lowest BCUT2D eigenvalue weighted by Gasteiger charge is -2.29. The molecule has 0 aromatic heterocycles. The number of carbonyl (C=O) groups excluding carboxylic acids is 2. The standard InChI is InChI=1S/C25H30N2O5/c1-5-26(6-2)14-15-27-22(19-16-18(31-3)12-13-20(19)32-4)21(24(29)25(27)30)23(28)17-10-8-7-9-11-17/h7-13,16,22,28H,5-6,14-15H2,1-4H3/b23-21-. The predicted octanol–water partition coefficient (Wildman–Crippen LogP) is 3.47. The number of likely N-dealkylation sites (N-methyl/N-ethyl adjacent to an activating group) is 1. The third kappa shape index (κ3) is 4.48. The van der Waals surface area contributed by atoms with Crippen molar-refractivity contribution >= 4 is 17.4 Å². The van der Waals surface area contributed by atoms with Gasteiger partial charge in [0, 0.05) is 24.2 Å². The summed E-state index contributed by atoms with van der Waals surface area (Å²) in [5, 5.41) is 11.1. The molecule has 0 saturated carbocycles. The van der Waals surface area contributed by atoms with Gasteiger partial charge in [0.05, 0.1) is 25.8 Å². The fourth-order valence-electron chi connectivity index (χ4n) is 4.03. The summed E-state index contributed by atoms with van der Waals surface area (Å²) in [6.07, 6.45) is 0. The monoisotopic (exact) mass is 438 g/mol. The summed E-state index contributed by atoms with van der Waals surface area (Å²) in [5.41, 5.74) is 1.11. The minimum atomic E-state index is -0.796. The lowest BCUT2D eigenvalue weighted by atomic mass is 9.94. The molecule has 170 valence electrons. The molecule has 1 fully saturated rings. The third-order valence-electron chi connectivity index (χ3n) is 5.87. The highest BCUT2D eigenvalue weighted by molar-refractivity contribution is 6.46. The number of carbonyl (C=O) groups is 2. The number of rotatable bonds is 9. The Hall–Kier alpha value is -3.32. The van der Waals surface area contributed by atoms with Gasteiger partial charge in [0.2, 0.25) is 0 Å². The Morgan fingerprint density at radius 2 is 1.72 bits per heavy atom. The van der Waals surface area contributed by atoms with Gasteiger partial charge in [-0.25, -0.2) is 0 Å². The van der Waals surface area contributed by atoms with Crippen LogP contribution in [-0.2, 0) is 9.59 Å². The van der Waals surface area contributed by atoms with E-state index in [4.69, 9.17) is 9.47 Å². The van der Waals surface area contributed by atoms with Crippen molar-refractivity contribution in [2.45, 2.75) is 19.9 Å². The van der Waals surface area contributed by atoms with E-state index in [2.05, 4.69) is 18.7 Å². The summed E-state index contributed by atoms with van der Waals surface area (Å²) in [5.74, 6) is -0.478. The van der Waals surface area contributed by atoms with E-state index in [-0.39, 0.29) is 11.3 Å². The van der Waals surface area contributed by atoms with Crippen LogP contribution in [0.15, 0.2) is 54.1 Å². The molecular weight excluding hydrogens is 408 g/mol. The van der Waals surface area contributed by atoms with Crippen molar-refractivity contribution in [2.24, 2.45) is 0 Å². The zero-order valence-electron chi connectivity index (χ0n) is 19.0. The molecule has 1 aliphatic rings. The van der Waals surface area contributed by atoms with Crippen LogP contribution in [0.4, 0.5) is 0 Å². The molecule has 1 unspecified atom stereocenters. The van der Waals surface area contributed by atoms with Crippen LogP contribution in [-0.4, -0.2) is 67.0 Å². The van der Waals surface area contributed by atoms with Gasteiger partial charge in [-0.1, -0.05) is 44.2 Å². The van der Waals surface area contributed by atoms with Crippen molar-refractivity contribution < 1.29 is 24.2 Å². The van der Waals surface area contributed by atoms with Gasteiger partial charge in [0.15, 0.2) is 0 Å². The van der Waals surface area contributed by atoms with E-state index in [0.717, 1.165) is 13.1 Å². The number of ether oxygens (including phenoxy) is 2. The molecule has 2 aromatic carbocycles. The lowest BCUT2D eigenvalue weighted by Crippen LogP contribution is -2.38. The molecule has 1 aliphatic heterocycles. The first-order valence-corrected chi connectivity index (χ1v) is 10.7. The highest BCUT2D eigenvalue weighted by Gasteiger charge is 2.47. The smallest absolute Gasteiger partial charge is 0.295 e. The second-order valence-electron chi connectivity index (χ2n) is 7.49. The zero-order chi connectivity index (χ0) is 23.3. The van der Waals surface area contributed by atoms with Crippen LogP contribution in [0.1, 0.15) is 31.0 Å². The summed E-state index contributed by atoms with van der Waals surface area (Å²) in [7, 11) is 3.08. The minimum absolute atomic E-state index is 0.0484. The molecular formula is C25H30N2O5. The second-order valence-corrected chi connectivity index (χ2v) is 7.49. The molecule has 1 atom stereocenters. The summed E-state index contributed by atoms with van der Waals surface area (Å²) < 4.78 is 10.9. The number of likely N-dealkylation sites (tertiary alicyclic amines) is 1. The number of amides is 1. The molecule has 2 aromatic rings. The van der Waals surface area contributed by atoms with Crippen molar-refractivity contribution in [1.29, 1.82) is 0 Å². The number of nitrogens with zero attached hydrogens (tertiary/aromatic N) is 2. The maximum absolute atomic E-state index is 13.2. The van der Waals surface area contributed by atoms with Crippen molar-refractivity contribution in [3.8, 4) is 11.5 Å². The SMILES string of the molecule is CCN(CC)CCN1C(=O)C(=O)/C(=C(\O)c2ccccc2)C1c1cc(OC)ccc1OC. The molecule has 0 bridgehead atoms. The fourth-order valence-corrected chi connectivity index (χ4v) is 4.03. The van der Waals surface area contributed by atoms with E-state index in [1.54, 1.807) is 49.6 Å². The van der Waals surface area contributed by atoms with Crippen molar-refractivity contribution in [2.75, 3.05) is 40.4 Å². The van der Waals surface area contributed by atoms with Gasteiger partial charge >= 0.3 is 0 Å². The van der Waals surface area contributed by atoms with Crippen molar-refractivity contribution in [3.05, 3.63) is 65.2 Å². The van der Waals surface area contributed by atoms with Gasteiger partial charge in [-0.2, -0.15) is 0 Å². The van der Waals surface area contributed by atoms with Gasteiger partial charge < -0.3 is 24.4 Å². The molecule has 1 N–H and O–H groups in total. The number of methoxy groups -OCH3 is 2. The molecule has 0 spiro atoms. The summed E-state index contributed by atoms with van der Waals surface area (Å²) >= 11 is 0. The Bertz CT molecular complexity index is 999. The van der Waals surface area contributed by atoms with E-state index < -0.39 is 17.7 Å². The van der Waals surface area contributed by atoms with Crippen LogP contribution in [0.25, 0.3) is 5.76 Å². The fraction of sp³-hybridized carbons (Fsp3) is 0.360. The van der Waals surface area contributed by atoms with E-state index in [0.29, 0.717) is 35.7 Å². The Labute approximate surface area is 188 Å². The highest BCUT2D eigenvalue weighted by atomic mass is 16.5. The maximum atomic E-state index is 13.2. The number of ketones is 1. The Kier molecular flexibility index (Phi) is 7.53. The van der Waals surface area contributed by atoms with E-state index in [1.807, 2.05) is 6.07 Å². The number of hydrogen-bond acceptors (Lipinski definition) is 6. The maximum Gasteiger partial charge on any atom is 0.295 e. The van der Waals surface area contributed by atoms with Crippen LogP contribution in [0, 0.1) is 0 Å². The highest BCUT2D eigenvalue weighted by Crippen LogP contribution is 2.43. The number of benzene rings is 2. The molecule has 0 radical (unpaired) electrons. The van der Waals surface area contributed by atoms with Crippen molar-refractivity contribution in [1.82, 2.24) is 9.80 Å². The van der Waals surface area contributed by atoms with Gasteiger partial charge in [-0.15, -0.1) is 0 Å². The van der Waals surface area contributed by atoms with Gasteiger partial charge in [0.1, 0.15) is 17.3 Å². The molecule has 1 amide bonds. The van der Waals surface area contributed by atoms with E-state index >= 15 is 0 Å². The van der Waals surface area contributed by atoms with Crippen LogP contribution in [0.2, 0.25) is 0 Å². The molecule has 1 saturated heterocycles. The number of aliphatic hydroxyl groups is 1. The number of Topliss-reactive ketones (excluding diaryl/α,β-unsaturated/α-hetero) is 1. The van der Waals surface area contributed by atoms with Crippen LogP contribution >= 0.6 is 0 Å². The quantitative estimate of drug-likeness (QED) is 0.367. The number of hydrogen-bond donors (Lipinski definition) is 1. The topological polar surface area (TPSA) is 79.3 Å². The zero-order valence-corrected chi connectivity index (χ0v) is 19.0. The van der Waals surface area contributed by atoms with Crippen molar-refractivity contribution in [3.63, 3.8) is 0 Å². The molecule has 7 nitrogen and oxygen atoms in total. The van der Waals surface area contributed by atoms with Gasteiger partial charge in [-0.3, -0.25) is 9.59 Å².